The summed E-state index contributed by atoms with van der Waals surface area (Å²) in [5.74, 6) is 2.13. The standard InChI is InChI=1S/C25H24N2O2/c1-28-21-14-12-18(13-15-21)25-23-11-5-7-19(17-22-10-6-16-29-22)24(23)26-27(25)20-8-3-2-4-9-20/h2-4,6,8-10,12-17,23,25H,5,7,11H2,1H3/b19-17+/t23-,25-/m1/s1. The molecule has 2 aromatic carbocycles. The van der Waals surface area contributed by atoms with Crippen LogP contribution in [0.25, 0.3) is 6.08 Å². The monoisotopic (exact) mass is 384 g/mol. The molecule has 0 N–H and O–H groups in total. The Hall–Kier alpha value is -3.27. The first-order chi connectivity index (χ1) is 14.3. The molecule has 0 spiro atoms. The van der Waals surface area contributed by atoms with Crippen LogP contribution in [0.2, 0.25) is 0 Å². The summed E-state index contributed by atoms with van der Waals surface area (Å²) in [6.07, 6.45) is 7.21. The molecule has 0 bridgehead atoms. The molecule has 4 heteroatoms. The number of hydrazone groups is 1. The van der Waals surface area contributed by atoms with Crippen molar-refractivity contribution in [1.82, 2.24) is 0 Å². The van der Waals surface area contributed by atoms with Gasteiger partial charge in [-0.2, -0.15) is 5.10 Å². The number of anilines is 1. The van der Waals surface area contributed by atoms with Crippen molar-refractivity contribution in [2.45, 2.75) is 25.3 Å². The maximum Gasteiger partial charge on any atom is 0.126 e. The first-order valence-corrected chi connectivity index (χ1v) is 10.1. The number of hydrogen-bond acceptors (Lipinski definition) is 4. The lowest BCUT2D eigenvalue weighted by Gasteiger charge is -2.30. The van der Waals surface area contributed by atoms with Gasteiger partial charge in [0.05, 0.1) is 30.8 Å². The maximum atomic E-state index is 5.57. The van der Waals surface area contributed by atoms with E-state index in [0.29, 0.717) is 5.92 Å². The van der Waals surface area contributed by atoms with Crippen molar-refractivity contribution >= 4 is 17.5 Å². The smallest absolute Gasteiger partial charge is 0.126 e. The molecule has 29 heavy (non-hydrogen) atoms. The Kier molecular flexibility index (Phi) is 4.68. The van der Waals surface area contributed by atoms with E-state index in [1.807, 2.05) is 30.3 Å². The predicted octanol–water partition coefficient (Wildman–Crippen LogP) is 6.09. The number of hydrogen-bond donors (Lipinski definition) is 0. The summed E-state index contributed by atoms with van der Waals surface area (Å²) < 4.78 is 10.9. The van der Waals surface area contributed by atoms with Crippen LogP contribution in [0.1, 0.15) is 36.6 Å². The van der Waals surface area contributed by atoms with Crippen molar-refractivity contribution in [2.75, 3.05) is 12.1 Å². The van der Waals surface area contributed by atoms with Gasteiger partial charge in [0.2, 0.25) is 0 Å². The fraction of sp³-hybridized carbons (Fsp3) is 0.240. The largest absolute Gasteiger partial charge is 0.497 e. The molecule has 146 valence electrons. The summed E-state index contributed by atoms with van der Waals surface area (Å²) in [6, 6.07) is 23.0. The molecule has 2 aliphatic rings. The Bertz CT molecular complexity index is 1020. The van der Waals surface area contributed by atoms with Crippen molar-refractivity contribution in [2.24, 2.45) is 11.0 Å². The topological polar surface area (TPSA) is 38.0 Å². The van der Waals surface area contributed by atoms with Crippen molar-refractivity contribution in [1.29, 1.82) is 0 Å². The maximum absolute atomic E-state index is 5.57. The average molecular weight is 384 g/mol. The highest BCUT2D eigenvalue weighted by Crippen LogP contribution is 2.46. The van der Waals surface area contributed by atoms with Gasteiger partial charge in [-0.25, -0.2) is 0 Å². The highest BCUT2D eigenvalue weighted by Gasteiger charge is 2.41. The molecule has 0 unspecified atom stereocenters. The Morgan fingerprint density at radius 2 is 1.86 bits per heavy atom. The van der Waals surface area contributed by atoms with Gasteiger partial charge < -0.3 is 9.15 Å². The number of benzene rings is 2. The second kappa shape index (κ2) is 7.63. The van der Waals surface area contributed by atoms with Crippen LogP contribution in [0, 0.1) is 5.92 Å². The molecule has 1 aliphatic heterocycles. The molecule has 5 rings (SSSR count). The molecule has 2 heterocycles. The van der Waals surface area contributed by atoms with Crippen molar-refractivity contribution < 1.29 is 9.15 Å². The van der Waals surface area contributed by atoms with Gasteiger partial charge in [-0.1, -0.05) is 30.3 Å². The van der Waals surface area contributed by atoms with E-state index in [0.717, 1.165) is 36.5 Å². The third kappa shape index (κ3) is 3.35. The molecule has 1 aromatic heterocycles. The number of allylic oxidation sites excluding steroid dienone is 1. The van der Waals surface area contributed by atoms with E-state index in [1.165, 1.54) is 16.8 Å². The van der Waals surface area contributed by atoms with Crippen LogP contribution in [-0.2, 0) is 0 Å². The Labute approximate surface area is 171 Å². The van der Waals surface area contributed by atoms with E-state index in [9.17, 15) is 0 Å². The lowest BCUT2D eigenvalue weighted by molar-refractivity contribution is 0.414. The second-order valence-corrected chi connectivity index (χ2v) is 7.57. The van der Waals surface area contributed by atoms with Crippen LogP contribution in [0.15, 0.2) is 88.1 Å². The molecule has 0 amide bonds. The number of furan rings is 1. The predicted molar refractivity (Wildman–Crippen MR) is 116 cm³/mol. The lowest BCUT2D eigenvalue weighted by Crippen LogP contribution is -2.28. The Balaban J connectivity index is 1.58. The fourth-order valence-electron chi connectivity index (χ4n) is 4.47. The quantitative estimate of drug-likeness (QED) is 0.546. The Morgan fingerprint density at radius 1 is 1.03 bits per heavy atom. The third-order valence-corrected chi connectivity index (χ3v) is 5.84. The molecule has 0 radical (unpaired) electrons. The van der Waals surface area contributed by atoms with E-state index in [1.54, 1.807) is 13.4 Å². The second-order valence-electron chi connectivity index (χ2n) is 7.57. The van der Waals surface area contributed by atoms with Gasteiger partial charge in [0.15, 0.2) is 0 Å². The molecule has 4 nitrogen and oxygen atoms in total. The zero-order valence-electron chi connectivity index (χ0n) is 16.5. The summed E-state index contributed by atoms with van der Waals surface area (Å²) in [5, 5.41) is 7.35. The summed E-state index contributed by atoms with van der Waals surface area (Å²) in [4.78, 5) is 0. The Morgan fingerprint density at radius 3 is 2.59 bits per heavy atom. The zero-order chi connectivity index (χ0) is 19.6. The van der Waals surface area contributed by atoms with Gasteiger partial charge in [-0.05, 0) is 72.9 Å². The number of ether oxygens (including phenoxy) is 1. The van der Waals surface area contributed by atoms with Gasteiger partial charge in [0.1, 0.15) is 11.5 Å². The van der Waals surface area contributed by atoms with E-state index in [2.05, 4.69) is 47.5 Å². The minimum Gasteiger partial charge on any atom is -0.497 e. The first-order valence-electron chi connectivity index (χ1n) is 10.1. The van der Waals surface area contributed by atoms with Crippen LogP contribution in [-0.4, -0.2) is 12.8 Å². The highest BCUT2D eigenvalue weighted by atomic mass is 16.5. The third-order valence-electron chi connectivity index (χ3n) is 5.84. The number of rotatable bonds is 4. The van der Waals surface area contributed by atoms with Crippen LogP contribution < -0.4 is 9.75 Å². The van der Waals surface area contributed by atoms with Crippen molar-refractivity contribution in [3.05, 3.63) is 89.9 Å². The van der Waals surface area contributed by atoms with Gasteiger partial charge in [-0.3, -0.25) is 5.01 Å². The van der Waals surface area contributed by atoms with Crippen LogP contribution in [0.3, 0.4) is 0 Å². The summed E-state index contributed by atoms with van der Waals surface area (Å²) in [7, 11) is 1.70. The van der Waals surface area contributed by atoms with E-state index in [-0.39, 0.29) is 6.04 Å². The van der Waals surface area contributed by atoms with Crippen molar-refractivity contribution in [3.8, 4) is 5.75 Å². The summed E-state index contributed by atoms with van der Waals surface area (Å²) >= 11 is 0. The lowest BCUT2D eigenvalue weighted by atomic mass is 9.77. The normalized spacial score (nSPS) is 22.4. The number of fused-ring (bicyclic) bond motifs is 1. The van der Waals surface area contributed by atoms with Gasteiger partial charge in [0, 0.05) is 5.92 Å². The molecule has 2 atom stereocenters. The van der Waals surface area contributed by atoms with Crippen LogP contribution in [0.4, 0.5) is 5.69 Å². The van der Waals surface area contributed by atoms with E-state index >= 15 is 0 Å². The number of methoxy groups -OCH3 is 1. The summed E-state index contributed by atoms with van der Waals surface area (Å²) in [6.45, 7) is 0. The molecular weight excluding hydrogens is 360 g/mol. The SMILES string of the molecule is COc1ccc([C@@H]2[C@@H]3CCC/C(=C\c4ccco4)C3=NN2c2ccccc2)cc1. The molecule has 1 fully saturated rings. The highest BCUT2D eigenvalue weighted by molar-refractivity contribution is 6.08. The first kappa shape index (κ1) is 17.8. The molecule has 1 aliphatic carbocycles. The zero-order valence-corrected chi connectivity index (χ0v) is 16.5. The number of nitrogens with zero attached hydrogens (tertiary/aromatic N) is 2. The summed E-state index contributed by atoms with van der Waals surface area (Å²) in [5.41, 5.74) is 4.86. The van der Waals surface area contributed by atoms with Gasteiger partial charge >= 0.3 is 0 Å². The van der Waals surface area contributed by atoms with Crippen LogP contribution in [0.5, 0.6) is 5.75 Å². The van der Waals surface area contributed by atoms with E-state index < -0.39 is 0 Å². The number of para-hydroxylation sites is 1. The minimum atomic E-state index is 0.179. The average Bonchev–Trinajstić information content (AvgIpc) is 3.43. The van der Waals surface area contributed by atoms with Crippen LogP contribution >= 0.6 is 0 Å². The van der Waals surface area contributed by atoms with Gasteiger partial charge in [0.25, 0.3) is 0 Å². The molecule has 3 aromatic rings. The van der Waals surface area contributed by atoms with E-state index in [4.69, 9.17) is 14.3 Å². The fourth-order valence-corrected chi connectivity index (χ4v) is 4.47. The molecule has 0 saturated heterocycles. The minimum absolute atomic E-state index is 0.179. The van der Waals surface area contributed by atoms with Gasteiger partial charge in [-0.15, -0.1) is 0 Å². The van der Waals surface area contributed by atoms with Crippen molar-refractivity contribution in [3.63, 3.8) is 0 Å². The molecular formula is C25H24N2O2. The molecule has 1 saturated carbocycles.